The molecule has 0 fully saturated rings. The second-order valence-electron chi connectivity index (χ2n) is 3.63. The summed E-state index contributed by atoms with van der Waals surface area (Å²) in [5.74, 6) is -0.825. The van der Waals surface area contributed by atoms with Gasteiger partial charge in [-0.2, -0.15) is 0 Å². The van der Waals surface area contributed by atoms with E-state index >= 15 is 0 Å². The van der Waals surface area contributed by atoms with Gasteiger partial charge in [0.05, 0.1) is 5.56 Å². The number of hydrogen-bond acceptors (Lipinski definition) is 1. The highest BCUT2D eigenvalue weighted by atomic mass is 35.5. The summed E-state index contributed by atoms with van der Waals surface area (Å²) in [6, 6.07) is 2.89. The minimum absolute atomic E-state index is 0. The van der Waals surface area contributed by atoms with E-state index in [1.807, 2.05) is 20.8 Å². The van der Waals surface area contributed by atoms with Gasteiger partial charge in [-0.3, -0.25) is 0 Å². The average Bonchev–Trinajstić information content (AvgIpc) is 2.12. The first-order valence-corrected chi connectivity index (χ1v) is 6.23. The van der Waals surface area contributed by atoms with E-state index in [1.54, 1.807) is 6.07 Å². The van der Waals surface area contributed by atoms with Gasteiger partial charge in [0.15, 0.2) is 0 Å². The SMILES string of the molecule is Cc1cc(C(=O)O)c(C)c(C)c1C[SiH3].Cl. The molecule has 0 aliphatic rings. The third-order valence-electron chi connectivity index (χ3n) is 2.84. The van der Waals surface area contributed by atoms with Crippen LogP contribution in [0.5, 0.6) is 0 Å². The van der Waals surface area contributed by atoms with Crippen molar-refractivity contribution in [1.82, 2.24) is 0 Å². The van der Waals surface area contributed by atoms with Crippen molar-refractivity contribution >= 4 is 28.6 Å². The number of hydrogen-bond donors (Lipinski definition) is 1. The molecule has 4 heteroatoms. The normalized spacial score (nSPS) is 9.80. The number of carbonyl (C=O) groups is 1. The smallest absolute Gasteiger partial charge is 0.335 e. The van der Waals surface area contributed by atoms with E-state index < -0.39 is 5.97 Å². The lowest BCUT2D eigenvalue weighted by molar-refractivity contribution is 0.0696. The van der Waals surface area contributed by atoms with E-state index in [2.05, 4.69) is 0 Å². The molecule has 1 aromatic carbocycles. The maximum atomic E-state index is 10.9. The molecule has 0 saturated carbocycles. The Morgan fingerprint density at radius 3 is 2.27 bits per heavy atom. The van der Waals surface area contributed by atoms with E-state index in [4.69, 9.17) is 5.11 Å². The van der Waals surface area contributed by atoms with Crippen LogP contribution in [-0.4, -0.2) is 21.3 Å². The van der Waals surface area contributed by atoms with Crippen molar-refractivity contribution in [2.24, 2.45) is 0 Å². The minimum atomic E-state index is -0.825. The first kappa shape index (κ1) is 14.2. The van der Waals surface area contributed by atoms with Crippen LogP contribution in [0.1, 0.15) is 32.6 Å². The largest absolute Gasteiger partial charge is 0.478 e. The summed E-state index contributed by atoms with van der Waals surface area (Å²) < 4.78 is 0. The lowest BCUT2D eigenvalue weighted by Crippen LogP contribution is -2.06. The van der Waals surface area contributed by atoms with Crippen LogP contribution in [0, 0.1) is 20.8 Å². The molecule has 0 amide bonds. The molecular formula is C11H17ClO2Si. The highest BCUT2D eigenvalue weighted by Crippen LogP contribution is 2.21. The van der Waals surface area contributed by atoms with Crippen molar-refractivity contribution in [3.05, 3.63) is 33.9 Å². The Labute approximate surface area is 99.5 Å². The van der Waals surface area contributed by atoms with Gasteiger partial charge in [-0.05, 0) is 55.1 Å². The van der Waals surface area contributed by atoms with Gasteiger partial charge in [0, 0.05) is 10.2 Å². The fourth-order valence-electron chi connectivity index (χ4n) is 1.90. The number of aryl methyl sites for hydroxylation is 1. The van der Waals surface area contributed by atoms with E-state index in [0.29, 0.717) is 5.56 Å². The summed E-state index contributed by atoms with van der Waals surface area (Å²) in [4.78, 5) is 10.9. The molecule has 0 saturated heterocycles. The van der Waals surface area contributed by atoms with Crippen LogP contribution in [0.25, 0.3) is 0 Å². The van der Waals surface area contributed by atoms with Crippen LogP contribution in [-0.2, 0) is 6.04 Å². The van der Waals surface area contributed by atoms with Crippen molar-refractivity contribution in [2.75, 3.05) is 0 Å². The summed E-state index contributed by atoms with van der Waals surface area (Å²) in [7, 11) is 1.12. The number of benzene rings is 1. The molecule has 0 spiro atoms. The zero-order valence-corrected chi connectivity index (χ0v) is 12.4. The molecule has 1 N–H and O–H groups in total. The van der Waals surface area contributed by atoms with Crippen molar-refractivity contribution < 1.29 is 9.90 Å². The summed E-state index contributed by atoms with van der Waals surface area (Å²) in [6.45, 7) is 5.90. The van der Waals surface area contributed by atoms with Gasteiger partial charge in [-0.15, -0.1) is 12.4 Å². The van der Waals surface area contributed by atoms with Crippen LogP contribution in [0.4, 0.5) is 0 Å². The molecule has 0 unspecified atom stereocenters. The van der Waals surface area contributed by atoms with Crippen molar-refractivity contribution in [1.29, 1.82) is 0 Å². The van der Waals surface area contributed by atoms with E-state index in [9.17, 15) is 4.79 Å². The highest BCUT2D eigenvalue weighted by Gasteiger charge is 2.13. The first-order chi connectivity index (χ1) is 6.49. The fourth-order valence-corrected chi connectivity index (χ4v) is 2.99. The van der Waals surface area contributed by atoms with Crippen LogP contribution in [0.15, 0.2) is 6.07 Å². The number of carboxylic acid groups (broad SMARTS) is 1. The van der Waals surface area contributed by atoms with Crippen LogP contribution >= 0.6 is 12.4 Å². The van der Waals surface area contributed by atoms with Crippen molar-refractivity contribution in [3.63, 3.8) is 0 Å². The van der Waals surface area contributed by atoms with Gasteiger partial charge in [0.1, 0.15) is 0 Å². The molecule has 15 heavy (non-hydrogen) atoms. The average molecular weight is 245 g/mol. The lowest BCUT2D eigenvalue weighted by Gasteiger charge is -2.13. The maximum Gasteiger partial charge on any atom is 0.335 e. The van der Waals surface area contributed by atoms with Crippen molar-refractivity contribution in [3.8, 4) is 0 Å². The van der Waals surface area contributed by atoms with Crippen LogP contribution < -0.4 is 0 Å². The molecule has 0 aromatic heterocycles. The second kappa shape index (κ2) is 5.33. The van der Waals surface area contributed by atoms with Gasteiger partial charge in [0.2, 0.25) is 0 Å². The molecule has 0 atom stereocenters. The molecule has 0 radical (unpaired) electrons. The van der Waals surface area contributed by atoms with Gasteiger partial charge in [-0.25, -0.2) is 4.79 Å². The fraction of sp³-hybridized carbons (Fsp3) is 0.364. The molecule has 1 rings (SSSR count). The van der Waals surface area contributed by atoms with Gasteiger partial charge in [-0.1, -0.05) is 0 Å². The standard InChI is InChI=1S/C11H16O2Si.ClH/c1-6-4-9(11(12)13)7(2)8(3)10(6)5-14;/h4H,5H2,1-3,14H3,(H,12,13);1H. The molecule has 0 heterocycles. The second-order valence-corrected chi connectivity index (χ2v) is 4.34. The zero-order chi connectivity index (χ0) is 10.9. The first-order valence-electron chi connectivity index (χ1n) is 4.82. The highest BCUT2D eigenvalue weighted by molar-refractivity contribution is 6.08. The predicted octanol–water partition coefficient (Wildman–Crippen LogP) is 1.60. The Balaban J connectivity index is 0.00000196. The summed E-state index contributed by atoms with van der Waals surface area (Å²) in [5.41, 5.74) is 4.95. The molecule has 2 nitrogen and oxygen atoms in total. The predicted molar refractivity (Wildman–Crippen MR) is 68.5 cm³/mol. The molecule has 1 aromatic rings. The Bertz CT molecular complexity index is 389. The molecule has 0 bridgehead atoms. The summed E-state index contributed by atoms with van der Waals surface area (Å²) in [5, 5.41) is 8.99. The number of carboxylic acids is 1. The molecule has 0 aliphatic carbocycles. The third-order valence-corrected chi connectivity index (χ3v) is 3.55. The number of aromatic carboxylic acids is 1. The topological polar surface area (TPSA) is 37.3 Å². The Morgan fingerprint density at radius 1 is 1.33 bits per heavy atom. The van der Waals surface area contributed by atoms with E-state index in [1.165, 1.54) is 5.56 Å². The number of rotatable bonds is 2. The quantitative estimate of drug-likeness (QED) is 0.803. The third kappa shape index (κ3) is 2.61. The lowest BCUT2D eigenvalue weighted by atomic mass is 9.94. The molecular weight excluding hydrogens is 228 g/mol. The van der Waals surface area contributed by atoms with E-state index in [-0.39, 0.29) is 12.4 Å². The van der Waals surface area contributed by atoms with Gasteiger partial charge in [0.25, 0.3) is 0 Å². The zero-order valence-electron chi connectivity index (χ0n) is 9.55. The monoisotopic (exact) mass is 244 g/mol. The Kier molecular flexibility index (Phi) is 5.04. The van der Waals surface area contributed by atoms with Crippen LogP contribution in [0.2, 0.25) is 0 Å². The van der Waals surface area contributed by atoms with Gasteiger partial charge < -0.3 is 5.11 Å². The van der Waals surface area contributed by atoms with Crippen LogP contribution in [0.3, 0.4) is 0 Å². The summed E-state index contributed by atoms with van der Waals surface area (Å²) >= 11 is 0. The maximum absolute atomic E-state index is 10.9. The summed E-state index contributed by atoms with van der Waals surface area (Å²) in [6.07, 6.45) is 0. The van der Waals surface area contributed by atoms with Crippen molar-refractivity contribution in [2.45, 2.75) is 26.8 Å². The Hall–Kier alpha value is -0.803. The number of halogens is 1. The molecule has 0 aliphatic heterocycles. The van der Waals surface area contributed by atoms with Gasteiger partial charge >= 0.3 is 5.97 Å². The van der Waals surface area contributed by atoms with E-state index in [0.717, 1.165) is 33.0 Å². The Morgan fingerprint density at radius 2 is 1.87 bits per heavy atom. The minimum Gasteiger partial charge on any atom is -0.478 e. The molecule has 84 valence electrons.